The van der Waals surface area contributed by atoms with Gasteiger partial charge in [-0.3, -0.25) is 9.59 Å². The minimum absolute atomic E-state index is 0.0950. The lowest BCUT2D eigenvalue weighted by molar-refractivity contribution is -0.191. The lowest BCUT2D eigenvalue weighted by Crippen LogP contribution is -2.35. The van der Waals surface area contributed by atoms with Crippen molar-refractivity contribution >= 4 is 51.0 Å². The fourth-order valence-electron chi connectivity index (χ4n) is 6.49. The Morgan fingerprint density at radius 1 is 0.776 bits per heavy atom. The highest BCUT2D eigenvalue weighted by atomic mass is 16.3. The van der Waals surface area contributed by atoms with E-state index in [1.807, 2.05) is 79.0 Å². The predicted molar refractivity (Wildman–Crippen MR) is 190 cm³/mol. The molecule has 1 saturated heterocycles. The summed E-state index contributed by atoms with van der Waals surface area (Å²) in [7, 11) is 0. The number of nitrogens with one attached hydrogen (secondary N) is 1. The van der Waals surface area contributed by atoms with Crippen LogP contribution in [0.4, 0.5) is 11.4 Å². The van der Waals surface area contributed by atoms with Crippen LogP contribution in [0.5, 0.6) is 0 Å². The number of aliphatic hydroxyl groups excluding tert-OH is 1. The number of benzene rings is 4. The third-order valence-corrected chi connectivity index (χ3v) is 9.04. The van der Waals surface area contributed by atoms with Crippen molar-refractivity contribution in [1.29, 1.82) is 0 Å². The molecule has 49 heavy (non-hydrogen) atoms. The van der Waals surface area contributed by atoms with Gasteiger partial charge in [-0.1, -0.05) is 13.0 Å². The highest BCUT2D eigenvalue weighted by Gasteiger charge is 2.18. The van der Waals surface area contributed by atoms with E-state index >= 15 is 0 Å². The number of Topliss-reactive ketones (excluding diaryl/α,β-unsaturated/α-hetero) is 1. The second-order valence-corrected chi connectivity index (χ2v) is 12.3. The largest absolute Gasteiger partial charge is 0.393 e. The fourth-order valence-corrected chi connectivity index (χ4v) is 6.49. The molecule has 2 N–H and O–H groups in total. The van der Waals surface area contributed by atoms with Crippen molar-refractivity contribution in [2.45, 2.75) is 45.3 Å². The molecule has 9 heteroatoms. The van der Waals surface area contributed by atoms with Crippen molar-refractivity contribution in [2.75, 3.05) is 23.3 Å². The monoisotopic (exact) mass is 654 g/mol. The van der Waals surface area contributed by atoms with E-state index in [9.17, 15) is 14.7 Å². The number of amides is 1. The van der Waals surface area contributed by atoms with Crippen molar-refractivity contribution in [3.8, 4) is 5.69 Å². The Hall–Kier alpha value is -5.76. The van der Waals surface area contributed by atoms with Gasteiger partial charge in [0.25, 0.3) is 5.91 Å². The quantitative estimate of drug-likeness (QED) is 0.162. The van der Waals surface area contributed by atoms with E-state index in [4.69, 9.17) is 9.59 Å². The van der Waals surface area contributed by atoms with Gasteiger partial charge < -0.3 is 24.5 Å². The summed E-state index contributed by atoms with van der Waals surface area (Å²) in [5, 5.41) is 15.0. The van der Waals surface area contributed by atoms with E-state index in [0.717, 1.165) is 72.4 Å². The number of carbonyl (C=O) groups is 2. The van der Waals surface area contributed by atoms with E-state index in [2.05, 4.69) is 56.7 Å². The van der Waals surface area contributed by atoms with E-state index in [1.165, 1.54) is 10.9 Å². The Morgan fingerprint density at radius 3 is 2.12 bits per heavy atom. The minimum Gasteiger partial charge on any atom is -0.393 e. The maximum atomic E-state index is 13.1. The first-order valence-corrected chi connectivity index (χ1v) is 16.5. The molecule has 0 atom stereocenters. The molecule has 1 amide bonds. The Labute approximate surface area is 284 Å². The first-order chi connectivity index (χ1) is 23.9. The van der Waals surface area contributed by atoms with Gasteiger partial charge in [-0.25, -0.2) is 0 Å². The van der Waals surface area contributed by atoms with Crippen molar-refractivity contribution in [3.05, 3.63) is 126 Å². The van der Waals surface area contributed by atoms with Gasteiger partial charge in [-0.15, -0.1) is 0 Å². The van der Waals surface area contributed by atoms with Gasteiger partial charge in [0.05, 0.1) is 11.6 Å². The Kier molecular flexibility index (Phi) is 10.1. The van der Waals surface area contributed by atoms with Crippen molar-refractivity contribution in [1.82, 2.24) is 9.13 Å². The van der Waals surface area contributed by atoms with Gasteiger partial charge in [0, 0.05) is 77.5 Å². The highest BCUT2D eigenvalue weighted by molar-refractivity contribution is 6.05. The number of ketones is 1. The first kappa shape index (κ1) is 33.2. The zero-order valence-corrected chi connectivity index (χ0v) is 27.3. The molecule has 0 saturated carbocycles. The number of hydrogen-bond donors (Lipinski definition) is 2. The van der Waals surface area contributed by atoms with E-state index in [0.29, 0.717) is 17.5 Å². The predicted octanol–water partition coefficient (Wildman–Crippen LogP) is 7.05. The van der Waals surface area contributed by atoms with Crippen LogP contribution in [0.1, 0.15) is 52.5 Å². The second-order valence-electron chi connectivity index (χ2n) is 12.3. The van der Waals surface area contributed by atoms with E-state index in [-0.39, 0.29) is 23.9 Å². The summed E-state index contributed by atoms with van der Waals surface area (Å²) in [6.45, 7) is 4.81. The van der Waals surface area contributed by atoms with Crippen LogP contribution in [0.2, 0.25) is 0 Å². The van der Waals surface area contributed by atoms with Gasteiger partial charge in [0.2, 0.25) is 0 Å². The summed E-state index contributed by atoms with van der Waals surface area (Å²) in [6.07, 6.45) is 7.14. The summed E-state index contributed by atoms with van der Waals surface area (Å²) >= 11 is 0. The van der Waals surface area contributed by atoms with Crippen LogP contribution < -0.4 is 10.2 Å². The molecule has 6 aromatic rings. The number of aliphatic hydroxyl groups is 1. The molecule has 3 heterocycles. The number of aromatic nitrogens is 2. The summed E-state index contributed by atoms with van der Waals surface area (Å²) in [5.74, 6) is -0.0629. The number of piperidine rings is 1. The molecule has 2 aromatic heterocycles. The van der Waals surface area contributed by atoms with Crippen molar-refractivity contribution < 1.29 is 24.3 Å². The number of hydrogen-bond acceptors (Lipinski definition) is 6. The third-order valence-electron chi connectivity index (χ3n) is 9.04. The van der Waals surface area contributed by atoms with Crippen molar-refractivity contribution in [2.24, 2.45) is 0 Å². The van der Waals surface area contributed by atoms with Gasteiger partial charge in [0.15, 0.2) is 5.78 Å². The number of fused-ring (bicyclic) bond motifs is 2. The zero-order valence-electron chi connectivity index (χ0n) is 27.3. The Bertz CT molecular complexity index is 2110. The molecule has 1 aliphatic heterocycles. The van der Waals surface area contributed by atoms with Crippen LogP contribution in [0.3, 0.4) is 0 Å². The molecule has 248 valence electrons. The van der Waals surface area contributed by atoms with Crippen LogP contribution >= 0.6 is 0 Å². The molecule has 0 radical (unpaired) electrons. The molecule has 0 unspecified atom stereocenters. The Balaban J connectivity index is 0.00000134. The smallest absolute Gasteiger partial charge is 0.373 e. The number of anilines is 2. The van der Waals surface area contributed by atoms with Gasteiger partial charge >= 0.3 is 6.15 Å². The van der Waals surface area contributed by atoms with E-state index in [1.54, 1.807) is 0 Å². The molecule has 9 nitrogen and oxygen atoms in total. The standard InChI is InChI=1S/C39H38N4O3.CO2/c1-2-19-42-20-15-30-24-27(3-13-36(30)42)25-38(45)28-4-11-34(12-5-28)43-23-16-31-26-32(8-14-37(31)43)40-39(46)29-6-9-33(10-7-29)41-21-17-35(44)18-22-41;2-1-3/h3-16,20,23-24,26,35,44H,2,17-19,21-22,25H2,1H3,(H,40,46);. The van der Waals surface area contributed by atoms with Crippen LogP contribution in [-0.2, 0) is 22.6 Å². The zero-order chi connectivity index (χ0) is 34.3. The average Bonchev–Trinajstić information content (AvgIpc) is 3.73. The summed E-state index contributed by atoms with van der Waals surface area (Å²) in [6, 6.07) is 31.7. The van der Waals surface area contributed by atoms with Gasteiger partial charge in [-0.05, 0) is 121 Å². The molecular weight excluding hydrogens is 616 g/mol. The Morgan fingerprint density at radius 2 is 1.41 bits per heavy atom. The molecule has 0 spiro atoms. The van der Waals surface area contributed by atoms with E-state index < -0.39 is 0 Å². The van der Waals surface area contributed by atoms with Crippen LogP contribution in [0.25, 0.3) is 27.5 Å². The average molecular weight is 655 g/mol. The fraction of sp³-hybridized carbons (Fsp3) is 0.225. The molecule has 1 aliphatic rings. The summed E-state index contributed by atoms with van der Waals surface area (Å²) < 4.78 is 4.34. The number of carbonyl (C=O) groups excluding carboxylic acids is 4. The third kappa shape index (κ3) is 7.54. The second kappa shape index (κ2) is 15.0. The maximum absolute atomic E-state index is 13.1. The van der Waals surface area contributed by atoms with Gasteiger partial charge in [-0.2, -0.15) is 9.59 Å². The minimum atomic E-state index is -0.214. The van der Waals surface area contributed by atoms with Gasteiger partial charge in [0.1, 0.15) is 0 Å². The normalized spacial score (nSPS) is 13.1. The number of rotatable bonds is 9. The molecule has 0 aliphatic carbocycles. The lowest BCUT2D eigenvalue weighted by atomic mass is 10.0. The number of aryl methyl sites for hydroxylation is 1. The maximum Gasteiger partial charge on any atom is 0.373 e. The SMILES string of the molecule is CCCn1ccc2cc(CC(=O)c3ccc(-n4ccc5cc(NC(=O)c6ccc(N7CCC(O)CC7)cc6)ccc54)cc3)ccc21.O=C=O. The molecule has 4 aromatic carbocycles. The highest BCUT2D eigenvalue weighted by Crippen LogP contribution is 2.26. The first-order valence-electron chi connectivity index (χ1n) is 16.5. The van der Waals surface area contributed by atoms with Crippen LogP contribution in [0.15, 0.2) is 109 Å². The molecule has 0 bridgehead atoms. The topological polar surface area (TPSA) is 114 Å². The number of nitrogens with zero attached hydrogens (tertiary/aromatic N) is 3. The van der Waals surface area contributed by atoms with Crippen LogP contribution in [-0.4, -0.2) is 51.3 Å². The lowest BCUT2D eigenvalue weighted by Gasteiger charge is -2.31. The molecular formula is C40H38N4O5. The van der Waals surface area contributed by atoms with Crippen LogP contribution in [0, 0.1) is 0 Å². The van der Waals surface area contributed by atoms with Crippen molar-refractivity contribution in [3.63, 3.8) is 0 Å². The molecule has 1 fully saturated rings. The molecule has 7 rings (SSSR count). The summed E-state index contributed by atoms with van der Waals surface area (Å²) in [5.41, 5.74) is 7.28. The summed E-state index contributed by atoms with van der Waals surface area (Å²) in [4.78, 5) is 44.6.